The molecule has 2 aromatic rings. The van der Waals surface area contributed by atoms with Gasteiger partial charge in [0.05, 0.1) is 10.7 Å². The van der Waals surface area contributed by atoms with Crippen LogP contribution in [0.5, 0.6) is 0 Å². The van der Waals surface area contributed by atoms with Gasteiger partial charge in [-0.1, -0.05) is 11.6 Å². The Bertz CT molecular complexity index is 701. The highest BCUT2D eigenvalue weighted by Crippen LogP contribution is 2.20. The molecule has 0 aromatic carbocycles. The Morgan fingerprint density at radius 3 is 2.78 bits per heavy atom. The maximum atomic E-state index is 12.5. The van der Waals surface area contributed by atoms with Crippen molar-refractivity contribution < 1.29 is 4.79 Å². The molecule has 1 unspecified atom stereocenters. The zero-order valence-corrected chi connectivity index (χ0v) is 13.9. The zero-order valence-electron chi connectivity index (χ0n) is 13.2. The van der Waals surface area contributed by atoms with E-state index in [0.29, 0.717) is 28.9 Å². The van der Waals surface area contributed by atoms with Gasteiger partial charge < -0.3 is 10.2 Å². The first-order valence-corrected chi connectivity index (χ1v) is 7.96. The fourth-order valence-corrected chi connectivity index (χ4v) is 3.11. The molecule has 2 aromatic heterocycles. The highest BCUT2D eigenvalue weighted by Gasteiger charge is 2.26. The van der Waals surface area contributed by atoms with Gasteiger partial charge in [0.1, 0.15) is 5.69 Å². The van der Waals surface area contributed by atoms with Gasteiger partial charge in [-0.25, -0.2) is 9.97 Å². The molecule has 3 rings (SSSR count). The van der Waals surface area contributed by atoms with Gasteiger partial charge >= 0.3 is 0 Å². The number of carbonyl (C=O) groups excluding carboxylic acids is 1. The molecule has 23 heavy (non-hydrogen) atoms. The highest BCUT2D eigenvalue weighted by molar-refractivity contribution is 6.34. The fourth-order valence-electron chi connectivity index (χ4n) is 2.86. The summed E-state index contributed by atoms with van der Waals surface area (Å²) in [4.78, 5) is 23.1. The third-order valence-corrected chi connectivity index (χ3v) is 4.41. The molecule has 1 saturated heterocycles. The van der Waals surface area contributed by atoms with Crippen molar-refractivity contribution >= 4 is 23.5 Å². The van der Waals surface area contributed by atoms with Crippen LogP contribution in [0, 0.1) is 6.92 Å². The van der Waals surface area contributed by atoms with Gasteiger partial charge in [0, 0.05) is 38.6 Å². The van der Waals surface area contributed by atoms with E-state index < -0.39 is 0 Å². The van der Waals surface area contributed by atoms with E-state index in [1.165, 1.54) is 4.68 Å². The van der Waals surface area contributed by atoms with Gasteiger partial charge in [-0.3, -0.25) is 9.48 Å². The fraction of sp³-hybridized carbons (Fsp3) is 0.467. The zero-order chi connectivity index (χ0) is 16.4. The van der Waals surface area contributed by atoms with E-state index in [9.17, 15) is 4.79 Å². The number of halogens is 1. The molecular formula is C15H19ClN6O. The van der Waals surface area contributed by atoms with Crippen LogP contribution >= 0.6 is 11.6 Å². The van der Waals surface area contributed by atoms with Crippen LogP contribution in [0.15, 0.2) is 18.5 Å². The first-order chi connectivity index (χ1) is 11.1. The Kier molecular flexibility index (Phi) is 4.47. The first kappa shape index (κ1) is 15.7. The topological polar surface area (TPSA) is 75.9 Å². The summed E-state index contributed by atoms with van der Waals surface area (Å²) in [7, 11) is 1.72. The van der Waals surface area contributed by atoms with Crippen molar-refractivity contribution in [3.8, 4) is 0 Å². The molecule has 3 heterocycles. The lowest BCUT2D eigenvalue weighted by Crippen LogP contribution is -2.48. The van der Waals surface area contributed by atoms with Gasteiger partial charge in [0.25, 0.3) is 5.91 Å². The quantitative estimate of drug-likeness (QED) is 0.922. The van der Waals surface area contributed by atoms with Crippen molar-refractivity contribution in [2.24, 2.45) is 7.05 Å². The molecule has 1 amide bonds. The summed E-state index contributed by atoms with van der Waals surface area (Å²) in [6.07, 6.45) is 5.34. The number of rotatable bonds is 3. The minimum atomic E-state index is -0.195. The largest absolute Gasteiger partial charge is 0.346 e. The Morgan fingerprint density at radius 1 is 1.39 bits per heavy atom. The Hall–Kier alpha value is -2.15. The molecule has 1 fully saturated rings. The van der Waals surface area contributed by atoms with Crippen molar-refractivity contribution in [3.63, 3.8) is 0 Å². The molecule has 122 valence electrons. The Balaban J connectivity index is 1.69. The average molecular weight is 335 g/mol. The van der Waals surface area contributed by atoms with E-state index in [1.54, 1.807) is 32.4 Å². The van der Waals surface area contributed by atoms with Crippen LogP contribution in [-0.2, 0) is 7.05 Å². The number of hydrogen-bond acceptors (Lipinski definition) is 5. The molecule has 7 nitrogen and oxygen atoms in total. The number of nitrogens with one attached hydrogen (secondary N) is 1. The van der Waals surface area contributed by atoms with Gasteiger partial charge in [0.2, 0.25) is 5.95 Å². The summed E-state index contributed by atoms with van der Waals surface area (Å²) in [6, 6.07) is 1.82. The van der Waals surface area contributed by atoms with E-state index in [-0.39, 0.29) is 11.9 Å². The monoisotopic (exact) mass is 334 g/mol. The minimum absolute atomic E-state index is 0.0336. The lowest BCUT2D eigenvalue weighted by molar-refractivity contribution is 0.0923. The van der Waals surface area contributed by atoms with E-state index in [1.807, 2.05) is 0 Å². The lowest BCUT2D eigenvalue weighted by atomic mass is 10.1. The third-order valence-electron chi connectivity index (χ3n) is 3.96. The van der Waals surface area contributed by atoms with E-state index in [2.05, 4.69) is 25.3 Å². The third kappa shape index (κ3) is 3.29. The molecule has 1 aliphatic heterocycles. The maximum Gasteiger partial charge on any atom is 0.271 e. The number of piperidine rings is 1. The van der Waals surface area contributed by atoms with Crippen LogP contribution in [0.4, 0.5) is 5.95 Å². The predicted octanol–water partition coefficient (Wildman–Crippen LogP) is 1.57. The minimum Gasteiger partial charge on any atom is -0.346 e. The summed E-state index contributed by atoms with van der Waals surface area (Å²) in [5.41, 5.74) is 1.06. The molecule has 0 bridgehead atoms. The number of amides is 1. The SMILES string of the molecule is Cc1nn(C)c(C(=O)NC2CCCN(c3ncccn3)C2)c1Cl. The number of anilines is 1. The summed E-state index contributed by atoms with van der Waals surface area (Å²) in [5, 5.41) is 7.64. The summed E-state index contributed by atoms with van der Waals surface area (Å²) >= 11 is 6.18. The summed E-state index contributed by atoms with van der Waals surface area (Å²) < 4.78 is 1.52. The highest BCUT2D eigenvalue weighted by atomic mass is 35.5. The van der Waals surface area contributed by atoms with Gasteiger partial charge in [-0.15, -0.1) is 0 Å². The van der Waals surface area contributed by atoms with Crippen molar-refractivity contribution in [2.45, 2.75) is 25.8 Å². The lowest BCUT2D eigenvalue weighted by Gasteiger charge is -2.33. The Morgan fingerprint density at radius 2 is 2.13 bits per heavy atom. The maximum absolute atomic E-state index is 12.5. The number of carbonyl (C=O) groups is 1. The number of aryl methyl sites for hydroxylation is 2. The molecule has 8 heteroatoms. The predicted molar refractivity (Wildman–Crippen MR) is 87.7 cm³/mol. The molecule has 0 spiro atoms. The molecule has 0 aliphatic carbocycles. The number of hydrogen-bond donors (Lipinski definition) is 1. The van der Waals surface area contributed by atoms with E-state index in [4.69, 9.17) is 11.6 Å². The standard InChI is InChI=1S/C15H19ClN6O/c1-10-12(16)13(21(2)20-10)14(23)19-11-5-3-8-22(9-11)15-17-6-4-7-18-15/h4,6-7,11H,3,5,8-9H2,1-2H3,(H,19,23). The van der Waals surface area contributed by atoms with Crippen LogP contribution in [0.2, 0.25) is 5.02 Å². The van der Waals surface area contributed by atoms with Gasteiger partial charge in [0.15, 0.2) is 0 Å². The number of aromatic nitrogens is 4. The van der Waals surface area contributed by atoms with Gasteiger partial charge in [-0.2, -0.15) is 5.10 Å². The summed E-state index contributed by atoms with van der Waals surface area (Å²) in [5.74, 6) is 0.500. The van der Waals surface area contributed by atoms with Gasteiger partial charge in [-0.05, 0) is 25.8 Å². The molecule has 0 saturated carbocycles. The average Bonchev–Trinajstić information content (AvgIpc) is 2.81. The molecular weight excluding hydrogens is 316 g/mol. The van der Waals surface area contributed by atoms with Crippen molar-refractivity contribution in [1.82, 2.24) is 25.1 Å². The molecule has 1 atom stereocenters. The normalized spacial score (nSPS) is 18.0. The molecule has 1 N–H and O–H groups in total. The van der Waals surface area contributed by atoms with E-state index >= 15 is 0 Å². The second-order valence-corrected chi connectivity index (χ2v) is 6.06. The van der Waals surface area contributed by atoms with Crippen molar-refractivity contribution in [1.29, 1.82) is 0 Å². The smallest absolute Gasteiger partial charge is 0.271 e. The summed E-state index contributed by atoms with van der Waals surface area (Å²) in [6.45, 7) is 3.36. The second kappa shape index (κ2) is 6.54. The van der Waals surface area contributed by atoms with Crippen LogP contribution in [0.3, 0.4) is 0 Å². The van der Waals surface area contributed by atoms with Crippen LogP contribution < -0.4 is 10.2 Å². The Labute approximate surface area is 139 Å². The van der Waals surface area contributed by atoms with Crippen LogP contribution in [0.25, 0.3) is 0 Å². The van der Waals surface area contributed by atoms with Crippen LogP contribution in [0.1, 0.15) is 29.0 Å². The number of nitrogens with zero attached hydrogens (tertiary/aromatic N) is 5. The molecule has 1 aliphatic rings. The van der Waals surface area contributed by atoms with E-state index in [0.717, 1.165) is 19.4 Å². The second-order valence-electron chi connectivity index (χ2n) is 5.68. The van der Waals surface area contributed by atoms with Crippen molar-refractivity contribution in [2.75, 3.05) is 18.0 Å². The molecule has 0 radical (unpaired) electrons. The van der Waals surface area contributed by atoms with Crippen molar-refractivity contribution in [3.05, 3.63) is 34.9 Å². The van der Waals surface area contributed by atoms with Crippen LogP contribution in [-0.4, -0.2) is 44.8 Å². The first-order valence-electron chi connectivity index (χ1n) is 7.58.